The number of hydrogen-bond donors (Lipinski definition) is 1. The molecule has 5 nitrogen and oxygen atoms in total. The van der Waals surface area contributed by atoms with Crippen LogP contribution in [0.5, 0.6) is 5.75 Å². The lowest BCUT2D eigenvalue weighted by Gasteiger charge is -2.28. The quantitative estimate of drug-likeness (QED) is 0.632. The molecule has 30 heavy (non-hydrogen) atoms. The van der Waals surface area contributed by atoms with Gasteiger partial charge in [-0.25, -0.2) is 4.79 Å². The lowest BCUT2D eigenvalue weighted by Crippen LogP contribution is -2.48. The van der Waals surface area contributed by atoms with Gasteiger partial charge in [0.15, 0.2) is 0 Å². The maximum absolute atomic E-state index is 13.7. The molecule has 11 heteroatoms. The zero-order chi connectivity index (χ0) is 21.9. The minimum atomic E-state index is -4.74. The first-order valence-corrected chi connectivity index (χ1v) is 12.4. The zero-order valence-electron chi connectivity index (χ0n) is 16.2. The molecule has 1 spiro atoms. The molecule has 1 N–H and O–H groups in total. The van der Waals surface area contributed by atoms with Crippen LogP contribution >= 0.6 is 35.3 Å². The van der Waals surface area contributed by atoms with Gasteiger partial charge in [-0.1, -0.05) is 12.1 Å². The van der Waals surface area contributed by atoms with Gasteiger partial charge in [-0.05, 0) is 17.7 Å². The zero-order valence-corrected chi connectivity index (χ0v) is 18.6. The van der Waals surface area contributed by atoms with E-state index < -0.39 is 39.8 Å². The third-order valence-electron chi connectivity index (χ3n) is 5.08. The van der Waals surface area contributed by atoms with Crippen molar-refractivity contribution >= 4 is 47.2 Å². The number of benzene rings is 1. The van der Waals surface area contributed by atoms with Crippen molar-refractivity contribution < 1.29 is 32.6 Å². The van der Waals surface area contributed by atoms with Gasteiger partial charge >= 0.3 is 12.1 Å². The van der Waals surface area contributed by atoms with Crippen LogP contribution in [0.2, 0.25) is 0 Å². The molecule has 2 aliphatic rings. The largest absolute Gasteiger partial charge is 0.497 e. The number of carboxylic acid groups (broad SMARTS) is 1. The first-order chi connectivity index (χ1) is 14.1. The van der Waals surface area contributed by atoms with Crippen molar-refractivity contribution in [3.05, 3.63) is 29.8 Å². The number of rotatable bonds is 7. The molecule has 0 radical (unpaired) electrons. The van der Waals surface area contributed by atoms with Crippen molar-refractivity contribution in [2.45, 2.75) is 28.5 Å². The molecule has 1 aromatic carbocycles. The number of methoxy groups -OCH3 is 1. The molecule has 2 atom stereocenters. The van der Waals surface area contributed by atoms with E-state index >= 15 is 0 Å². The van der Waals surface area contributed by atoms with Crippen LogP contribution in [0.4, 0.5) is 13.2 Å². The minimum Gasteiger partial charge on any atom is -0.497 e. The van der Waals surface area contributed by atoms with Crippen molar-refractivity contribution in [2.75, 3.05) is 30.9 Å². The molecule has 166 valence electrons. The molecular formula is C19H22F3NO4S3. The minimum absolute atomic E-state index is 0.0356. The summed E-state index contributed by atoms with van der Waals surface area (Å²) in [4.78, 5) is 25.5. The number of ether oxygens (including phenoxy) is 1. The van der Waals surface area contributed by atoms with E-state index in [0.717, 1.165) is 33.7 Å². The van der Waals surface area contributed by atoms with E-state index in [2.05, 4.69) is 0 Å². The van der Waals surface area contributed by atoms with Gasteiger partial charge in [-0.3, -0.25) is 4.79 Å². The first-order valence-electron chi connectivity index (χ1n) is 9.24. The summed E-state index contributed by atoms with van der Waals surface area (Å²) in [5.74, 6) is -2.50. The van der Waals surface area contributed by atoms with E-state index in [1.165, 1.54) is 7.11 Å². The number of hydrogen-bond acceptors (Lipinski definition) is 6. The summed E-state index contributed by atoms with van der Waals surface area (Å²) in [6.45, 7) is 0.0356. The van der Waals surface area contributed by atoms with Gasteiger partial charge in [0.2, 0.25) is 5.91 Å². The van der Waals surface area contributed by atoms with E-state index in [1.807, 2.05) is 0 Å². The lowest BCUT2D eigenvalue weighted by atomic mass is 10.1. The van der Waals surface area contributed by atoms with Gasteiger partial charge in [0.25, 0.3) is 0 Å². The fraction of sp³-hybridized carbons (Fsp3) is 0.579. The fourth-order valence-electron chi connectivity index (χ4n) is 3.52. The fourth-order valence-corrected chi connectivity index (χ4v) is 7.89. The van der Waals surface area contributed by atoms with Crippen LogP contribution in [-0.2, 0) is 15.3 Å². The topological polar surface area (TPSA) is 66.8 Å². The second-order valence-corrected chi connectivity index (χ2v) is 11.3. The highest BCUT2D eigenvalue weighted by atomic mass is 32.2. The summed E-state index contributed by atoms with van der Waals surface area (Å²) in [6.07, 6.45) is -4.56. The van der Waals surface area contributed by atoms with Crippen molar-refractivity contribution in [1.82, 2.24) is 4.90 Å². The Morgan fingerprint density at radius 3 is 2.47 bits per heavy atom. The molecule has 2 saturated heterocycles. The molecule has 2 fully saturated rings. The number of aliphatic carboxylic acids is 1. The summed E-state index contributed by atoms with van der Waals surface area (Å²) in [6, 6.07) is 5.75. The van der Waals surface area contributed by atoms with E-state index in [0.29, 0.717) is 11.5 Å². The molecule has 1 amide bonds. The molecule has 0 aliphatic carbocycles. The Kier molecular flexibility index (Phi) is 7.44. The van der Waals surface area contributed by atoms with Gasteiger partial charge < -0.3 is 14.7 Å². The van der Waals surface area contributed by atoms with Crippen LogP contribution in [-0.4, -0.2) is 69.1 Å². The Morgan fingerprint density at radius 2 is 1.93 bits per heavy atom. The van der Waals surface area contributed by atoms with Crippen molar-refractivity contribution in [3.63, 3.8) is 0 Å². The van der Waals surface area contributed by atoms with Crippen molar-refractivity contribution in [2.24, 2.45) is 5.92 Å². The highest BCUT2D eigenvalue weighted by molar-refractivity contribution is 8.21. The van der Waals surface area contributed by atoms with E-state index in [4.69, 9.17) is 4.74 Å². The number of nitrogens with zero attached hydrogens (tertiary/aromatic N) is 1. The lowest BCUT2D eigenvalue weighted by molar-refractivity contribution is -0.186. The van der Waals surface area contributed by atoms with Crippen LogP contribution in [0.3, 0.4) is 0 Å². The molecule has 2 aliphatic heterocycles. The van der Waals surface area contributed by atoms with Gasteiger partial charge in [0.05, 0.1) is 11.2 Å². The molecule has 0 saturated carbocycles. The van der Waals surface area contributed by atoms with E-state index in [1.54, 1.807) is 47.8 Å². The van der Waals surface area contributed by atoms with Crippen LogP contribution < -0.4 is 4.74 Å². The third-order valence-corrected chi connectivity index (χ3v) is 9.61. The molecule has 2 heterocycles. The average molecular weight is 482 g/mol. The smallest absolute Gasteiger partial charge is 0.401 e. The summed E-state index contributed by atoms with van der Waals surface area (Å²) in [5, 5.41) is 9.52. The van der Waals surface area contributed by atoms with Gasteiger partial charge in [0.1, 0.15) is 17.7 Å². The van der Waals surface area contributed by atoms with Crippen LogP contribution in [0.15, 0.2) is 24.3 Å². The molecule has 3 rings (SSSR count). The Labute approximate surface area is 185 Å². The predicted octanol–water partition coefficient (Wildman–Crippen LogP) is 3.97. The second-order valence-electron chi connectivity index (χ2n) is 7.09. The number of carbonyl (C=O) groups is 2. The van der Waals surface area contributed by atoms with Crippen LogP contribution in [0.25, 0.3) is 0 Å². The first kappa shape index (κ1) is 23.5. The monoisotopic (exact) mass is 481 g/mol. The second kappa shape index (κ2) is 9.52. The van der Waals surface area contributed by atoms with E-state index in [9.17, 15) is 27.9 Å². The number of carboxylic acids is 1. The summed E-state index contributed by atoms with van der Waals surface area (Å²) >= 11 is 4.09. The standard InChI is InChI=1S/C19H22F3NO4S3/c1-27-13-4-2-12(3-5-13)9-28-10-14(19(20,21)22)16(24)23-11-18(29-6-7-30-18)8-15(23)17(25)26/h2-5,14-15H,6-11H2,1H3,(H,25,26)/t14?,15-/m0/s1. The van der Waals surface area contributed by atoms with E-state index in [-0.39, 0.29) is 13.0 Å². The third kappa shape index (κ3) is 5.34. The van der Waals surface area contributed by atoms with Crippen LogP contribution in [0, 0.1) is 5.92 Å². The predicted molar refractivity (Wildman–Crippen MR) is 114 cm³/mol. The molecule has 0 bridgehead atoms. The number of alkyl halides is 3. The van der Waals surface area contributed by atoms with Gasteiger partial charge in [-0.2, -0.15) is 24.9 Å². The normalized spacial score (nSPS) is 21.7. The Morgan fingerprint density at radius 1 is 1.30 bits per heavy atom. The summed E-state index contributed by atoms with van der Waals surface area (Å²) in [5.41, 5.74) is 0.816. The number of amides is 1. The maximum atomic E-state index is 13.7. The number of carbonyl (C=O) groups excluding carboxylic acids is 1. The number of likely N-dealkylation sites (tertiary alicyclic amines) is 1. The Balaban J connectivity index is 1.69. The molecule has 0 aromatic heterocycles. The maximum Gasteiger partial charge on any atom is 0.401 e. The average Bonchev–Trinajstić information content (AvgIpc) is 3.31. The number of halogens is 3. The SMILES string of the molecule is COc1ccc(CSCC(C(=O)N2CC3(C[C@H]2C(=O)O)SCCS3)C(F)(F)F)cc1. The number of thioether (sulfide) groups is 3. The summed E-state index contributed by atoms with van der Waals surface area (Å²) < 4.78 is 45.7. The van der Waals surface area contributed by atoms with Crippen molar-refractivity contribution in [3.8, 4) is 5.75 Å². The molecular weight excluding hydrogens is 459 g/mol. The van der Waals surface area contributed by atoms with Gasteiger partial charge in [-0.15, -0.1) is 23.5 Å². The Bertz CT molecular complexity index is 769. The van der Waals surface area contributed by atoms with Crippen LogP contribution in [0.1, 0.15) is 12.0 Å². The van der Waals surface area contributed by atoms with Crippen molar-refractivity contribution in [1.29, 1.82) is 0 Å². The van der Waals surface area contributed by atoms with Gasteiger partial charge in [0, 0.05) is 36.0 Å². The molecule has 1 aromatic rings. The molecule has 1 unspecified atom stereocenters. The summed E-state index contributed by atoms with van der Waals surface area (Å²) in [7, 11) is 1.53. The Hall–Kier alpha value is -1.20. The highest BCUT2D eigenvalue weighted by Crippen LogP contribution is 2.52. The highest BCUT2D eigenvalue weighted by Gasteiger charge is 2.55.